The number of nitrogens with zero attached hydrogens (tertiary/aromatic N) is 2. The fraction of sp³-hybridized carbons (Fsp3) is 0.0938. The summed E-state index contributed by atoms with van der Waals surface area (Å²) in [6.45, 7) is 1.83. The highest BCUT2D eigenvalue weighted by Gasteiger charge is 2.31. The maximum absolute atomic E-state index is 13.5. The van der Waals surface area contributed by atoms with Crippen LogP contribution in [0.4, 0.5) is 18.9 Å². The van der Waals surface area contributed by atoms with Gasteiger partial charge in [-0.3, -0.25) is 14.6 Å². The van der Waals surface area contributed by atoms with E-state index in [2.05, 4.69) is 10.3 Å². The topological polar surface area (TPSA) is 64.0 Å². The number of benzene rings is 3. The van der Waals surface area contributed by atoms with Crippen LogP contribution in [0.3, 0.4) is 0 Å². The minimum absolute atomic E-state index is 0.129. The molecule has 1 N–H and O–H groups in total. The van der Waals surface area contributed by atoms with E-state index in [0.717, 1.165) is 28.6 Å². The molecule has 5 rings (SSSR count). The van der Waals surface area contributed by atoms with Crippen molar-refractivity contribution in [3.8, 4) is 11.1 Å². The van der Waals surface area contributed by atoms with Crippen molar-refractivity contribution >= 4 is 46.3 Å². The molecule has 0 fully saturated rings. The Hall–Kier alpha value is -4.69. The predicted octanol–water partition coefficient (Wildman–Crippen LogP) is 8.00. The molecule has 9 heteroatoms. The smallest absolute Gasteiger partial charge is 0.322 e. The molecule has 0 atom stereocenters. The number of carbonyl (C=O) groups excluding carboxylic acids is 1. The van der Waals surface area contributed by atoms with Crippen molar-refractivity contribution in [2.75, 3.05) is 5.32 Å². The SMILES string of the molecule is Cc1ccc(NC(=O)c2cccc(C(F)(F)F)c2)cc1-c1cc2cnc(/C=C/c3ccc(Cl)cc3)cc2n(C)c1=O. The minimum Gasteiger partial charge on any atom is -0.322 e. The number of pyridine rings is 2. The molecule has 206 valence electrons. The zero-order valence-corrected chi connectivity index (χ0v) is 22.7. The molecule has 41 heavy (non-hydrogen) atoms. The van der Waals surface area contributed by atoms with Crippen LogP contribution in [0, 0.1) is 6.92 Å². The van der Waals surface area contributed by atoms with E-state index < -0.39 is 17.6 Å². The first kappa shape index (κ1) is 27.9. The lowest BCUT2D eigenvalue weighted by Crippen LogP contribution is -2.19. The van der Waals surface area contributed by atoms with E-state index in [1.165, 1.54) is 12.1 Å². The molecule has 0 bridgehead atoms. The van der Waals surface area contributed by atoms with Crippen LogP contribution in [0.2, 0.25) is 5.02 Å². The fourth-order valence-electron chi connectivity index (χ4n) is 4.45. The number of anilines is 1. The van der Waals surface area contributed by atoms with Gasteiger partial charge >= 0.3 is 6.18 Å². The van der Waals surface area contributed by atoms with Crippen LogP contribution in [0.25, 0.3) is 34.2 Å². The van der Waals surface area contributed by atoms with Gasteiger partial charge in [0.25, 0.3) is 11.5 Å². The summed E-state index contributed by atoms with van der Waals surface area (Å²) in [6, 6.07) is 20.2. The summed E-state index contributed by atoms with van der Waals surface area (Å²) < 4.78 is 40.8. The summed E-state index contributed by atoms with van der Waals surface area (Å²) in [5.74, 6) is -0.694. The molecule has 0 aliphatic rings. The van der Waals surface area contributed by atoms with Gasteiger partial charge in [0, 0.05) is 40.5 Å². The van der Waals surface area contributed by atoms with Crippen LogP contribution < -0.4 is 10.9 Å². The van der Waals surface area contributed by atoms with Crippen LogP contribution in [0.1, 0.15) is 32.7 Å². The summed E-state index contributed by atoms with van der Waals surface area (Å²) in [7, 11) is 1.68. The summed E-state index contributed by atoms with van der Waals surface area (Å²) >= 11 is 5.95. The zero-order chi connectivity index (χ0) is 29.3. The molecule has 0 unspecified atom stereocenters. The van der Waals surface area contributed by atoms with Gasteiger partial charge in [0.1, 0.15) is 0 Å². The molecular formula is C32H23ClF3N3O2. The standard InChI is InChI=1S/C32H23ClF3N3O2/c1-19-6-12-26(38-30(40)21-4-3-5-23(14-21)32(34,35)36)16-27(19)28-15-22-18-37-25(17-29(22)39(2)31(28)41)13-9-20-7-10-24(33)11-8-20/h3-18H,1-2H3,(H,38,40)/b13-9+. The van der Waals surface area contributed by atoms with Crippen LogP contribution in [-0.2, 0) is 13.2 Å². The van der Waals surface area contributed by atoms with Crippen LogP contribution in [0.15, 0.2) is 89.9 Å². The predicted molar refractivity (Wildman–Crippen MR) is 157 cm³/mol. The van der Waals surface area contributed by atoms with Crippen LogP contribution in [0.5, 0.6) is 0 Å². The van der Waals surface area contributed by atoms with Crippen molar-refractivity contribution < 1.29 is 18.0 Å². The molecule has 0 saturated heterocycles. The van der Waals surface area contributed by atoms with Crippen molar-refractivity contribution in [3.05, 3.63) is 128 Å². The summed E-state index contributed by atoms with van der Waals surface area (Å²) in [4.78, 5) is 30.7. The average Bonchev–Trinajstić information content (AvgIpc) is 2.95. The first-order valence-corrected chi connectivity index (χ1v) is 12.9. The van der Waals surface area contributed by atoms with Gasteiger partial charge in [-0.05, 0) is 84.3 Å². The van der Waals surface area contributed by atoms with Gasteiger partial charge in [0.2, 0.25) is 0 Å². The van der Waals surface area contributed by atoms with Crippen LogP contribution >= 0.6 is 11.6 Å². The highest BCUT2D eigenvalue weighted by molar-refractivity contribution is 6.30. The Balaban J connectivity index is 1.46. The molecule has 5 nitrogen and oxygen atoms in total. The van der Waals surface area contributed by atoms with Gasteiger partial charge < -0.3 is 9.88 Å². The molecule has 0 saturated carbocycles. The third-order valence-corrected chi connectivity index (χ3v) is 6.94. The zero-order valence-electron chi connectivity index (χ0n) is 22.0. The maximum atomic E-state index is 13.5. The summed E-state index contributed by atoms with van der Waals surface area (Å²) in [6.07, 6.45) is 0.877. The minimum atomic E-state index is -4.56. The number of fused-ring (bicyclic) bond motifs is 1. The van der Waals surface area contributed by atoms with E-state index in [0.29, 0.717) is 33.0 Å². The highest BCUT2D eigenvalue weighted by Crippen LogP contribution is 2.30. The Labute approximate surface area is 238 Å². The van der Waals surface area contributed by atoms with Crippen LogP contribution in [-0.4, -0.2) is 15.5 Å². The van der Waals surface area contributed by atoms with Crippen molar-refractivity contribution in [1.29, 1.82) is 0 Å². The number of aromatic nitrogens is 2. The molecule has 0 spiro atoms. The van der Waals surface area contributed by atoms with E-state index in [1.54, 1.807) is 54.2 Å². The van der Waals surface area contributed by atoms with Gasteiger partial charge in [-0.1, -0.05) is 41.9 Å². The molecule has 2 aromatic heterocycles. The Morgan fingerprint density at radius 1 is 0.951 bits per heavy atom. The molecule has 3 aromatic carbocycles. The Kier molecular flexibility index (Phi) is 7.51. The maximum Gasteiger partial charge on any atom is 0.416 e. The van der Waals surface area contributed by atoms with Gasteiger partial charge in [-0.2, -0.15) is 13.2 Å². The second-order valence-electron chi connectivity index (χ2n) is 9.54. The number of rotatable bonds is 5. The average molecular weight is 574 g/mol. The second kappa shape index (κ2) is 11.1. The van der Waals surface area contributed by atoms with Crippen molar-refractivity contribution in [2.45, 2.75) is 13.1 Å². The number of alkyl halides is 3. The Morgan fingerprint density at radius 2 is 1.71 bits per heavy atom. The first-order chi connectivity index (χ1) is 19.5. The third kappa shape index (κ3) is 6.07. The molecule has 5 aromatic rings. The number of hydrogen-bond acceptors (Lipinski definition) is 3. The molecular weight excluding hydrogens is 551 g/mol. The van der Waals surface area contributed by atoms with Gasteiger partial charge in [0.15, 0.2) is 0 Å². The van der Waals surface area contributed by atoms with E-state index >= 15 is 0 Å². The highest BCUT2D eigenvalue weighted by atomic mass is 35.5. The molecule has 0 aliphatic heterocycles. The third-order valence-electron chi connectivity index (χ3n) is 6.68. The lowest BCUT2D eigenvalue weighted by Gasteiger charge is -2.14. The van der Waals surface area contributed by atoms with E-state index in [9.17, 15) is 22.8 Å². The lowest BCUT2D eigenvalue weighted by molar-refractivity contribution is -0.137. The number of aryl methyl sites for hydroxylation is 2. The first-order valence-electron chi connectivity index (χ1n) is 12.5. The van der Waals surface area contributed by atoms with Crippen molar-refractivity contribution in [3.63, 3.8) is 0 Å². The van der Waals surface area contributed by atoms with E-state index in [-0.39, 0.29) is 11.1 Å². The Morgan fingerprint density at radius 3 is 2.44 bits per heavy atom. The number of halogens is 4. The fourth-order valence-corrected chi connectivity index (χ4v) is 4.58. The second-order valence-corrected chi connectivity index (χ2v) is 9.97. The largest absolute Gasteiger partial charge is 0.416 e. The van der Waals surface area contributed by atoms with Gasteiger partial charge in [-0.25, -0.2) is 0 Å². The van der Waals surface area contributed by atoms with Gasteiger partial charge in [-0.15, -0.1) is 0 Å². The Bertz CT molecular complexity index is 1880. The summed E-state index contributed by atoms with van der Waals surface area (Å²) in [5.41, 5.74) is 3.14. The lowest BCUT2D eigenvalue weighted by atomic mass is 9.99. The molecule has 2 heterocycles. The van der Waals surface area contributed by atoms with Crippen molar-refractivity contribution in [1.82, 2.24) is 9.55 Å². The number of hydrogen-bond donors (Lipinski definition) is 1. The van der Waals surface area contributed by atoms with E-state index in [1.807, 2.05) is 37.3 Å². The molecule has 1 amide bonds. The number of carbonyl (C=O) groups is 1. The number of amides is 1. The molecule has 0 radical (unpaired) electrons. The number of nitrogens with one attached hydrogen (secondary N) is 1. The van der Waals surface area contributed by atoms with Gasteiger partial charge in [0.05, 0.1) is 16.8 Å². The monoisotopic (exact) mass is 573 g/mol. The normalized spacial score (nSPS) is 11.8. The molecule has 0 aliphatic carbocycles. The summed E-state index contributed by atoms with van der Waals surface area (Å²) in [5, 5.41) is 4.03. The van der Waals surface area contributed by atoms with Crippen molar-refractivity contribution in [2.24, 2.45) is 7.05 Å². The van der Waals surface area contributed by atoms with E-state index in [4.69, 9.17) is 11.6 Å². The quantitative estimate of drug-likeness (QED) is 0.232.